The van der Waals surface area contributed by atoms with Gasteiger partial charge in [-0.05, 0) is 30.2 Å². The van der Waals surface area contributed by atoms with E-state index in [4.69, 9.17) is 5.73 Å². The molecule has 0 saturated carbocycles. The number of rotatable bonds is 3. The quantitative estimate of drug-likeness (QED) is 0.855. The monoisotopic (exact) mass is 303 g/mol. The lowest BCUT2D eigenvalue weighted by Crippen LogP contribution is -2.32. The van der Waals surface area contributed by atoms with Crippen molar-refractivity contribution in [1.82, 2.24) is 9.29 Å². The van der Waals surface area contributed by atoms with Crippen molar-refractivity contribution in [3.05, 3.63) is 53.7 Å². The van der Waals surface area contributed by atoms with Crippen LogP contribution in [0.2, 0.25) is 0 Å². The van der Waals surface area contributed by atoms with Gasteiger partial charge in [0.1, 0.15) is 0 Å². The van der Waals surface area contributed by atoms with Gasteiger partial charge in [-0.1, -0.05) is 18.2 Å². The number of pyridine rings is 1. The molecule has 0 unspecified atom stereocenters. The van der Waals surface area contributed by atoms with Crippen LogP contribution in [0.4, 0.5) is 5.69 Å². The van der Waals surface area contributed by atoms with Gasteiger partial charge < -0.3 is 5.73 Å². The second-order valence-corrected chi connectivity index (χ2v) is 6.46. The predicted molar refractivity (Wildman–Crippen MR) is 77.0 cm³/mol. The van der Waals surface area contributed by atoms with E-state index < -0.39 is 15.9 Å². The molecule has 1 aromatic carbocycles. The molecule has 1 amide bonds. The summed E-state index contributed by atoms with van der Waals surface area (Å²) < 4.78 is 25.5. The van der Waals surface area contributed by atoms with E-state index in [1.807, 2.05) is 12.1 Å². The van der Waals surface area contributed by atoms with Gasteiger partial charge in [0.2, 0.25) is 0 Å². The number of para-hydroxylation sites is 1. The Balaban J connectivity index is 1.88. The number of hydrogen-bond acceptors (Lipinski definition) is 5. The number of nitrogens with two attached hydrogens (primary N) is 1. The molecule has 1 aliphatic rings. The summed E-state index contributed by atoms with van der Waals surface area (Å²) >= 11 is 0. The summed E-state index contributed by atoms with van der Waals surface area (Å²) in [5.41, 5.74) is 7.34. The van der Waals surface area contributed by atoms with Crippen LogP contribution in [0.5, 0.6) is 0 Å². The van der Waals surface area contributed by atoms with E-state index in [9.17, 15) is 13.2 Å². The lowest BCUT2D eigenvalue weighted by Gasteiger charge is -2.15. The van der Waals surface area contributed by atoms with Crippen molar-refractivity contribution in [3.63, 3.8) is 0 Å². The van der Waals surface area contributed by atoms with Crippen LogP contribution < -0.4 is 5.73 Å². The average molecular weight is 303 g/mol. The van der Waals surface area contributed by atoms with Crippen LogP contribution in [0, 0.1) is 0 Å². The number of nitrogen functional groups attached to an aromatic ring is 1. The maximum Gasteiger partial charge on any atom is 0.285 e. The molecule has 2 N–H and O–H groups in total. The molecule has 0 atom stereocenters. The third-order valence-corrected chi connectivity index (χ3v) is 5.14. The van der Waals surface area contributed by atoms with E-state index in [-0.39, 0.29) is 17.1 Å². The topological polar surface area (TPSA) is 93.4 Å². The molecule has 0 radical (unpaired) electrons. The molecule has 21 heavy (non-hydrogen) atoms. The molecule has 0 bridgehead atoms. The first-order valence-electron chi connectivity index (χ1n) is 6.37. The van der Waals surface area contributed by atoms with Crippen molar-refractivity contribution in [2.24, 2.45) is 0 Å². The molecular weight excluding hydrogens is 290 g/mol. The van der Waals surface area contributed by atoms with Crippen molar-refractivity contribution in [3.8, 4) is 0 Å². The molecule has 3 rings (SSSR count). The largest absolute Gasteiger partial charge is 0.399 e. The minimum absolute atomic E-state index is 0.0474. The van der Waals surface area contributed by atoms with E-state index in [2.05, 4.69) is 4.98 Å². The molecular formula is C14H13N3O3S. The summed E-state index contributed by atoms with van der Waals surface area (Å²) in [7, 11) is -3.85. The SMILES string of the molecule is Nc1ccccc1CCN1C(=O)c2cccnc2S1(=O)=O. The normalized spacial score (nSPS) is 16.0. The van der Waals surface area contributed by atoms with Gasteiger partial charge in [-0.3, -0.25) is 4.79 Å². The Morgan fingerprint density at radius 3 is 2.62 bits per heavy atom. The molecule has 2 heterocycles. The Labute approximate surface area is 122 Å². The van der Waals surface area contributed by atoms with Crippen LogP contribution in [-0.4, -0.2) is 30.2 Å². The molecule has 6 nitrogen and oxygen atoms in total. The van der Waals surface area contributed by atoms with Crippen LogP contribution in [0.15, 0.2) is 47.6 Å². The number of carbonyl (C=O) groups excluding carboxylic acids is 1. The smallest absolute Gasteiger partial charge is 0.285 e. The molecule has 0 fully saturated rings. The maximum absolute atomic E-state index is 12.3. The van der Waals surface area contributed by atoms with Crippen molar-refractivity contribution >= 4 is 21.6 Å². The zero-order valence-electron chi connectivity index (χ0n) is 11.1. The van der Waals surface area contributed by atoms with Crippen LogP contribution in [0.25, 0.3) is 0 Å². The van der Waals surface area contributed by atoms with Gasteiger partial charge in [-0.25, -0.2) is 9.29 Å². The first kappa shape index (κ1) is 13.6. The minimum Gasteiger partial charge on any atom is -0.399 e. The van der Waals surface area contributed by atoms with Crippen molar-refractivity contribution in [2.75, 3.05) is 12.3 Å². The molecule has 0 aliphatic carbocycles. The van der Waals surface area contributed by atoms with Crippen LogP contribution in [-0.2, 0) is 16.4 Å². The maximum atomic E-state index is 12.3. The fraction of sp³-hybridized carbons (Fsp3) is 0.143. The highest BCUT2D eigenvalue weighted by molar-refractivity contribution is 7.90. The lowest BCUT2D eigenvalue weighted by atomic mass is 10.1. The highest BCUT2D eigenvalue weighted by Gasteiger charge is 2.41. The fourth-order valence-electron chi connectivity index (χ4n) is 2.31. The Hall–Kier alpha value is -2.41. The third-order valence-electron chi connectivity index (χ3n) is 3.40. The molecule has 1 aromatic heterocycles. The molecule has 0 saturated heterocycles. The number of benzene rings is 1. The van der Waals surface area contributed by atoms with Gasteiger partial charge in [0.15, 0.2) is 5.03 Å². The Bertz CT molecular complexity index is 818. The highest BCUT2D eigenvalue weighted by Crippen LogP contribution is 2.28. The second-order valence-electron chi connectivity index (χ2n) is 4.69. The summed E-state index contributed by atoms with van der Waals surface area (Å²) in [4.78, 5) is 16.0. The van der Waals surface area contributed by atoms with Gasteiger partial charge in [0.05, 0.1) is 5.56 Å². The zero-order valence-corrected chi connectivity index (χ0v) is 11.9. The summed E-state index contributed by atoms with van der Waals surface area (Å²) in [6.45, 7) is 0.0474. The number of aromatic nitrogens is 1. The van der Waals surface area contributed by atoms with Gasteiger partial charge in [-0.15, -0.1) is 0 Å². The Kier molecular flexibility index (Phi) is 3.13. The van der Waals surface area contributed by atoms with Crippen molar-refractivity contribution in [1.29, 1.82) is 0 Å². The summed E-state index contributed by atoms with van der Waals surface area (Å²) in [5, 5.41) is -0.170. The predicted octanol–water partition coefficient (Wildman–Crippen LogP) is 1.05. The number of sulfonamides is 1. The number of carbonyl (C=O) groups is 1. The zero-order chi connectivity index (χ0) is 15.0. The number of amides is 1. The lowest BCUT2D eigenvalue weighted by molar-refractivity contribution is 0.0872. The van der Waals surface area contributed by atoms with E-state index >= 15 is 0 Å². The number of anilines is 1. The summed E-state index contributed by atoms with van der Waals surface area (Å²) in [6, 6.07) is 10.2. The van der Waals surface area contributed by atoms with Gasteiger partial charge >= 0.3 is 0 Å². The molecule has 1 aliphatic heterocycles. The fourth-order valence-corrected chi connectivity index (χ4v) is 3.80. The third kappa shape index (κ3) is 2.15. The first-order chi connectivity index (χ1) is 10.0. The molecule has 0 spiro atoms. The molecule has 108 valence electrons. The molecule has 7 heteroatoms. The van der Waals surface area contributed by atoms with Gasteiger partial charge in [-0.2, -0.15) is 8.42 Å². The number of fused-ring (bicyclic) bond motifs is 1. The average Bonchev–Trinajstić information content (AvgIpc) is 2.67. The van der Waals surface area contributed by atoms with Crippen LogP contribution in [0.1, 0.15) is 15.9 Å². The number of nitrogens with zero attached hydrogens (tertiary/aromatic N) is 2. The van der Waals surface area contributed by atoms with Crippen LogP contribution in [0.3, 0.4) is 0 Å². The summed E-state index contributed by atoms with van der Waals surface area (Å²) in [5.74, 6) is -0.535. The molecule has 2 aromatic rings. The van der Waals surface area contributed by atoms with E-state index in [0.717, 1.165) is 9.87 Å². The van der Waals surface area contributed by atoms with Gasteiger partial charge in [0.25, 0.3) is 15.9 Å². The minimum atomic E-state index is -3.85. The Morgan fingerprint density at radius 1 is 1.14 bits per heavy atom. The first-order valence-corrected chi connectivity index (χ1v) is 7.81. The number of hydrogen-bond donors (Lipinski definition) is 1. The van der Waals surface area contributed by atoms with E-state index in [1.54, 1.807) is 18.2 Å². The highest BCUT2D eigenvalue weighted by atomic mass is 32.2. The van der Waals surface area contributed by atoms with Crippen LogP contribution >= 0.6 is 0 Å². The van der Waals surface area contributed by atoms with E-state index in [1.165, 1.54) is 12.3 Å². The Morgan fingerprint density at radius 2 is 1.90 bits per heavy atom. The summed E-state index contributed by atoms with van der Waals surface area (Å²) in [6.07, 6.45) is 1.73. The van der Waals surface area contributed by atoms with E-state index in [0.29, 0.717) is 12.1 Å². The van der Waals surface area contributed by atoms with Crippen molar-refractivity contribution in [2.45, 2.75) is 11.4 Å². The second kappa shape index (κ2) is 4.85. The standard InChI is InChI=1S/C14H13N3O3S/c15-12-6-2-1-4-10(12)7-9-17-14(18)11-5-3-8-16-13(11)21(17,19)20/h1-6,8H,7,9,15H2. The van der Waals surface area contributed by atoms with Gasteiger partial charge in [0, 0.05) is 18.4 Å². The van der Waals surface area contributed by atoms with Crippen molar-refractivity contribution < 1.29 is 13.2 Å².